The minimum atomic E-state index is -0.959. The number of likely N-dealkylation sites (tertiary alicyclic amines) is 1. The van der Waals surface area contributed by atoms with Crippen LogP contribution >= 0.6 is 0 Å². The Morgan fingerprint density at radius 1 is 1.12 bits per heavy atom. The lowest BCUT2D eigenvalue weighted by molar-refractivity contribution is -0.385. The van der Waals surface area contributed by atoms with E-state index in [1.54, 1.807) is 30.3 Å². The van der Waals surface area contributed by atoms with Crippen molar-refractivity contribution >= 4 is 29.1 Å². The van der Waals surface area contributed by atoms with Gasteiger partial charge < -0.3 is 10.1 Å². The third-order valence-corrected chi connectivity index (χ3v) is 7.04. The van der Waals surface area contributed by atoms with E-state index in [1.807, 2.05) is 12.2 Å². The number of fused-ring (bicyclic) bond motifs is 5. The summed E-state index contributed by atoms with van der Waals surface area (Å²) in [5, 5.41) is 14.1. The number of nitrogens with one attached hydrogen (secondary N) is 1. The van der Waals surface area contributed by atoms with Crippen LogP contribution < -0.4 is 10.1 Å². The van der Waals surface area contributed by atoms with Crippen LogP contribution in [0.25, 0.3) is 0 Å². The van der Waals surface area contributed by atoms with Crippen molar-refractivity contribution in [1.29, 1.82) is 0 Å². The monoisotopic (exact) mass is 461 g/mol. The molecule has 2 aromatic carbocycles. The average Bonchev–Trinajstić information content (AvgIpc) is 3.52. The van der Waals surface area contributed by atoms with Crippen LogP contribution in [0.2, 0.25) is 0 Å². The van der Waals surface area contributed by atoms with Gasteiger partial charge in [0.05, 0.1) is 42.0 Å². The molecule has 174 valence electrons. The van der Waals surface area contributed by atoms with Gasteiger partial charge in [0.1, 0.15) is 5.75 Å². The van der Waals surface area contributed by atoms with Gasteiger partial charge in [0.2, 0.25) is 17.7 Å². The molecule has 2 fully saturated rings. The molecule has 34 heavy (non-hydrogen) atoms. The van der Waals surface area contributed by atoms with Crippen molar-refractivity contribution in [3.05, 3.63) is 76.4 Å². The Balaban J connectivity index is 1.48. The van der Waals surface area contributed by atoms with Gasteiger partial charge in [0, 0.05) is 12.1 Å². The van der Waals surface area contributed by atoms with Crippen molar-refractivity contribution in [3.8, 4) is 5.75 Å². The second-order valence-corrected chi connectivity index (χ2v) is 8.87. The summed E-state index contributed by atoms with van der Waals surface area (Å²) in [7, 11) is 1.49. The number of benzene rings is 2. The van der Waals surface area contributed by atoms with Crippen LogP contribution in [0.1, 0.15) is 24.4 Å². The third kappa shape index (κ3) is 3.53. The number of carbonyl (C=O) groups is 3. The maximum Gasteiger partial charge on any atom is 0.269 e. The molecule has 2 aliphatic carbocycles. The number of nitro benzene ring substituents is 1. The van der Waals surface area contributed by atoms with Gasteiger partial charge in [-0.1, -0.05) is 36.4 Å². The number of carbonyl (C=O) groups excluding carboxylic acids is 3. The van der Waals surface area contributed by atoms with E-state index in [2.05, 4.69) is 5.32 Å². The molecule has 9 nitrogen and oxygen atoms in total. The maximum atomic E-state index is 13.4. The molecule has 0 aromatic heterocycles. The normalized spacial score (nSPS) is 25.4. The first-order chi connectivity index (χ1) is 16.4. The van der Waals surface area contributed by atoms with Gasteiger partial charge in [-0.2, -0.15) is 0 Å². The van der Waals surface area contributed by atoms with Gasteiger partial charge >= 0.3 is 0 Å². The number of hydrogen-bond donors (Lipinski definition) is 1. The largest absolute Gasteiger partial charge is 0.495 e. The number of nitrogens with zero attached hydrogens (tertiary/aromatic N) is 2. The van der Waals surface area contributed by atoms with Crippen LogP contribution in [0, 0.1) is 33.8 Å². The van der Waals surface area contributed by atoms with Gasteiger partial charge in [-0.05, 0) is 36.0 Å². The predicted molar refractivity (Wildman–Crippen MR) is 122 cm³/mol. The number of para-hydroxylation sites is 2. The summed E-state index contributed by atoms with van der Waals surface area (Å²) in [6.45, 7) is 0. The molecule has 5 unspecified atom stereocenters. The Labute approximate surface area is 195 Å². The highest BCUT2D eigenvalue weighted by Gasteiger charge is 2.60. The van der Waals surface area contributed by atoms with Crippen molar-refractivity contribution in [2.24, 2.45) is 23.7 Å². The van der Waals surface area contributed by atoms with Crippen molar-refractivity contribution in [2.75, 3.05) is 12.4 Å². The molecule has 2 aromatic rings. The Hall–Kier alpha value is -4.01. The highest BCUT2D eigenvalue weighted by molar-refractivity contribution is 6.07. The maximum absolute atomic E-state index is 13.4. The van der Waals surface area contributed by atoms with Crippen LogP contribution in [0.3, 0.4) is 0 Å². The molecule has 1 heterocycles. The number of non-ortho nitro benzene ring substituents is 1. The number of hydrogen-bond acceptors (Lipinski definition) is 6. The van der Waals surface area contributed by atoms with Crippen LogP contribution in [0.5, 0.6) is 5.75 Å². The summed E-state index contributed by atoms with van der Waals surface area (Å²) in [5.74, 6) is -1.42. The SMILES string of the molecule is COc1ccccc1NC(=O)CC(c1cccc([N+](=O)[O-])c1)N1C(=O)C2C3C=CC(C3)C2C1=O. The van der Waals surface area contributed by atoms with Crippen LogP contribution in [-0.4, -0.2) is 34.7 Å². The molecule has 1 aliphatic heterocycles. The van der Waals surface area contributed by atoms with Gasteiger partial charge in [-0.15, -0.1) is 0 Å². The van der Waals surface area contributed by atoms with Crippen molar-refractivity contribution < 1.29 is 24.0 Å². The minimum absolute atomic E-state index is 0.0182. The van der Waals surface area contributed by atoms with E-state index in [0.29, 0.717) is 17.0 Å². The summed E-state index contributed by atoms with van der Waals surface area (Å²) in [4.78, 5) is 52.0. The zero-order valence-corrected chi connectivity index (χ0v) is 18.4. The number of amides is 3. The van der Waals surface area contributed by atoms with E-state index >= 15 is 0 Å². The number of allylic oxidation sites excluding steroid dienone is 2. The minimum Gasteiger partial charge on any atom is -0.495 e. The highest BCUT2D eigenvalue weighted by Crippen LogP contribution is 2.54. The Morgan fingerprint density at radius 3 is 2.44 bits per heavy atom. The Kier molecular flexibility index (Phi) is 5.39. The fourth-order valence-electron chi connectivity index (χ4n) is 5.56. The second kappa shape index (κ2) is 8.40. The lowest BCUT2D eigenvalue weighted by atomic mass is 9.85. The van der Waals surface area contributed by atoms with Crippen LogP contribution in [0.4, 0.5) is 11.4 Å². The molecule has 9 heteroatoms. The number of nitro groups is 1. The van der Waals surface area contributed by atoms with Gasteiger partial charge in [0.15, 0.2) is 0 Å². The molecule has 5 atom stereocenters. The summed E-state index contributed by atoms with van der Waals surface area (Å²) in [5.41, 5.74) is 0.644. The van der Waals surface area contributed by atoms with E-state index in [9.17, 15) is 24.5 Å². The standard InChI is InChI=1S/C25H23N3O6/c1-34-20-8-3-2-7-18(20)26-21(29)13-19(14-5-4-6-17(12-14)28(32)33)27-24(30)22-15-9-10-16(11-15)23(22)25(27)31/h2-10,12,15-16,19,22-23H,11,13H2,1H3,(H,26,29). The Bertz CT molecular complexity index is 1190. The molecule has 1 saturated carbocycles. The molecule has 3 amide bonds. The fraction of sp³-hybridized carbons (Fsp3) is 0.320. The predicted octanol–water partition coefficient (Wildman–Crippen LogP) is 3.48. The van der Waals surface area contributed by atoms with Gasteiger partial charge in [0.25, 0.3) is 5.69 Å². The molecular weight excluding hydrogens is 438 g/mol. The smallest absolute Gasteiger partial charge is 0.269 e. The van der Waals surface area contributed by atoms with E-state index < -0.39 is 28.7 Å². The quantitative estimate of drug-likeness (QED) is 0.292. The van der Waals surface area contributed by atoms with E-state index in [4.69, 9.17) is 4.74 Å². The fourth-order valence-corrected chi connectivity index (χ4v) is 5.56. The van der Waals surface area contributed by atoms with E-state index in [0.717, 1.165) is 6.42 Å². The zero-order valence-electron chi connectivity index (χ0n) is 18.4. The van der Waals surface area contributed by atoms with Crippen LogP contribution in [0.15, 0.2) is 60.7 Å². The number of ether oxygens (including phenoxy) is 1. The second-order valence-electron chi connectivity index (χ2n) is 8.87. The number of methoxy groups -OCH3 is 1. The van der Waals surface area contributed by atoms with Gasteiger partial charge in [-0.25, -0.2) is 0 Å². The summed E-state index contributed by atoms with van der Waals surface area (Å²) >= 11 is 0. The lowest BCUT2D eigenvalue weighted by Gasteiger charge is -2.28. The number of rotatable bonds is 7. The Morgan fingerprint density at radius 2 is 1.79 bits per heavy atom. The topological polar surface area (TPSA) is 119 Å². The van der Waals surface area contributed by atoms with E-state index in [1.165, 1.54) is 30.2 Å². The molecule has 3 aliphatic rings. The molecule has 2 bridgehead atoms. The van der Waals surface area contributed by atoms with Crippen molar-refractivity contribution in [2.45, 2.75) is 18.9 Å². The summed E-state index contributed by atoms with van der Waals surface area (Å²) in [6.07, 6.45) is 4.55. The van der Waals surface area contributed by atoms with Crippen molar-refractivity contribution in [3.63, 3.8) is 0 Å². The summed E-state index contributed by atoms with van der Waals surface area (Å²) in [6, 6.07) is 11.7. The average molecular weight is 461 g/mol. The third-order valence-electron chi connectivity index (χ3n) is 7.04. The molecular formula is C25H23N3O6. The first-order valence-corrected chi connectivity index (χ1v) is 11.1. The molecule has 5 rings (SSSR count). The summed E-state index contributed by atoms with van der Waals surface area (Å²) < 4.78 is 5.28. The van der Waals surface area contributed by atoms with Crippen LogP contribution in [-0.2, 0) is 14.4 Å². The number of anilines is 1. The number of imide groups is 1. The molecule has 0 spiro atoms. The van der Waals surface area contributed by atoms with E-state index in [-0.39, 0.29) is 35.8 Å². The molecule has 0 radical (unpaired) electrons. The highest BCUT2D eigenvalue weighted by atomic mass is 16.6. The molecule has 1 N–H and O–H groups in total. The zero-order chi connectivity index (χ0) is 24.0. The molecule has 1 saturated heterocycles. The van der Waals surface area contributed by atoms with Gasteiger partial charge in [-0.3, -0.25) is 29.4 Å². The lowest BCUT2D eigenvalue weighted by Crippen LogP contribution is -2.38. The first-order valence-electron chi connectivity index (χ1n) is 11.1. The van der Waals surface area contributed by atoms with Crippen molar-refractivity contribution in [1.82, 2.24) is 4.90 Å². The first kappa shape index (κ1) is 21.8.